The van der Waals surface area contributed by atoms with Gasteiger partial charge < -0.3 is 5.32 Å². The van der Waals surface area contributed by atoms with E-state index in [0.717, 1.165) is 22.6 Å². The molecule has 2 N–H and O–H groups in total. The first-order valence-electron chi connectivity index (χ1n) is 13.2. The van der Waals surface area contributed by atoms with E-state index in [1.807, 2.05) is 76.6 Å². The zero-order valence-electron chi connectivity index (χ0n) is 24.6. The molecule has 3 aromatic carbocycles. The van der Waals surface area contributed by atoms with Gasteiger partial charge in [-0.25, -0.2) is 21.6 Å². The summed E-state index contributed by atoms with van der Waals surface area (Å²) in [6.07, 6.45) is 0. The van der Waals surface area contributed by atoms with Crippen LogP contribution in [0.3, 0.4) is 0 Å². The molecule has 0 fully saturated rings. The maximum Gasteiger partial charge on any atom is 0.501 e. The Hall–Kier alpha value is -3.03. The SMILES string of the molecule is CC(C)(C)c1ccc(C(=O)NS(=O)(=O)c2ccc(NC(CSc3ccccc3)C(C)(C)C)c(S(=O)(=O)C(F)(F)F)c2)cc1. The Labute approximate surface area is 255 Å². The van der Waals surface area contributed by atoms with Gasteiger partial charge in [-0.15, -0.1) is 11.8 Å². The second-order valence-corrected chi connectivity index (χ2v) is 16.7. The summed E-state index contributed by atoms with van der Waals surface area (Å²) in [5, 5.41) is 2.92. The van der Waals surface area contributed by atoms with Crippen molar-refractivity contribution in [2.45, 2.75) is 73.2 Å². The van der Waals surface area contributed by atoms with Crippen LogP contribution >= 0.6 is 11.8 Å². The van der Waals surface area contributed by atoms with Gasteiger partial charge in [0.25, 0.3) is 25.8 Å². The number of rotatable bonds is 9. The highest BCUT2D eigenvalue weighted by Gasteiger charge is 2.48. The third kappa shape index (κ3) is 8.54. The van der Waals surface area contributed by atoms with E-state index in [9.17, 15) is 34.8 Å². The van der Waals surface area contributed by atoms with Crippen molar-refractivity contribution in [2.75, 3.05) is 11.1 Å². The molecule has 3 rings (SSSR count). The number of hydrogen-bond acceptors (Lipinski definition) is 7. The van der Waals surface area contributed by atoms with E-state index in [1.54, 1.807) is 12.1 Å². The van der Waals surface area contributed by atoms with Crippen molar-refractivity contribution in [1.29, 1.82) is 0 Å². The summed E-state index contributed by atoms with van der Waals surface area (Å²) in [6.45, 7) is 11.4. The van der Waals surface area contributed by atoms with E-state index in [0.29, 0.717) is 11.8 Å². The molecular formula is C30H35F3N2O5S3. The molecule has 0 saturated carbocycles. The van der Waals surface area contributed by atoms with Gasteiger partial charge in [-0.05, 0) is 58.9 Å². The number of carbonyl (C=O) groups is 1. The molecular weight excluding hydrogens is 622 g/mol. The smallest absolute Gasteiger partial charge is 0.380 e. The molecule has 1 unspecified atom stereocenters. The zero-order chi connectivity index (χ0) is 32.4. The van der Waals surface area contributed by atoms with Crippen LogP contribution in [-0.4, -0.2) is 40.0 Å². The van der Waals surface area contributed by atoms with Gasteiger partial charge in [-0.3, -0.25) is 4.79 Å². The van der Waals surface area contributed by atoms with Crippen LogP contribution in [0.25, 0.3) is 0 Å². The Morgan fingerprint density at radius 3 is 1.93 bits per heavy atom. The lowest BCUT2D eigenvalue weighted by atomic mass is 9.87. The van der Waals surface area contributed by atoms with Crippen molar-refractivity contribution in [3.8, 4) is 0 Å². The minimum Gasteiger partial charge on any atom is -0.380 e. The summed E-state index contributed by atoms with van der Waals surface area (Å²) in [7, 11) is -10.8. The van der Waals surface area contributed by atoms with Gasteiger partial charge >= 0.3 is 5.51 Å². The number of anilines is 1. The number of halogens is 3. The van der Waals surface area contributed by atoms with Crippen LogP contribution < -0.4 is 10.0 Å². The monoisotopic (exact) mass is 656 g/mol. The standard InChI is InChI=1S/C30H35F3N2O5S3/c1-28(2,3)21-14-12-20(13-15-21)27(36)35-43(39,40)23-16-17-24(25(18-23)42(37,38)30(31,32)33)34-26(29(4,5)6)19-41-22-10-8-7-9-11-22/h7-18,26,34H,19H2,1-6H3,(H,35,36). The Bertz CT molecular complexity index is 1660. The fraction of sp³-hybridized carbons (Fsp3) is 0.367. The number of thioether (sulfide) groups is 1. The number of hydrogen-bond donors (Lipinski definition) is 2. The number of alkyl halides is 3. The van der Waals surface area contributed by atoms with Gasteiger partial charge in [0.05, 0.1) is 10.6 Å². The molecule has 13 heteroatoms. The van der Waals surface area contributed by atoms with Crippen LogP contribution in [0, 0.1) is 5.41 Å². The quantitative estimate of drug-likeness (QED) is 0.239. The summed E-state index contributed by atoms with van der Waals surface area (Å²) >= 11 is 1.43. The molecule has 234 valence electrons. The normalized spacial score (nSPS) is 13.8. The highest BCUT2D eigenvalue weighted by molar-refractivity contribution is 7.99. The molecule has 1 amide bonds. The molecule has 0 bridgehead atoms. The highest BCUT2D eigenvalue weighted by atomic mass is 32.2. The fourth-order valence-electron chi connectivity index (χ4n) is 3.89. The van der Waals surface area contributed by atoms with Crippen LogP contribution in [0.2, 0.25) is 0 Å². The van der Waals surface area contributed by atoms with Crippen molar-refractivity contribution >= 4 is 43.2 Å². The predicted molar refractivity (Wildman–Crippen MR) is 164 cm³/mol. The first-order valence-corrected chi connectivity index (χ1v) is 17.2. The maximum absolute atomic E-state index is 13.8. The van der Waals surface area contributed by atoms with E-state index in [-0.39, 0.29) is 11.0 Å². The topological polar surface area (TPSA) is 109 Å². The Morgan fingerprint density at radius 1 is 0.837 bits per heavy atom. The second kappa shape index (κ2) is 12.5. The molecule has 0 saturated heterocycles. The maximum atomic E-state index is 13.8. The zero-order valence-corrected chi connectivity index (χ0v) is 27.1. The number of amides is 1. The van der Waals surface area contributed by atoms with Crippen LogP contribution in [0.4, 0.5) is 18.9 Å². The second-order valence-electron chi connectivity index (χ2n) is 12.1. The van der Waals surface area contributed by atoms with Crippen LogP contribution in [0.1, 0.15) is 57.5 Å². The van der Waals surface area contributed by atoms with Crippen LogP contribution in [0.5, 0.6) is 0 Å². The van der Waals surface area contributed by atoms with Gasteiger partial charge in [0.2, 0.25) is 0 Å². The van der Waals surface area contributed by atoms with Gasteiger partial charge in [0.15, 0.2) is 0 Å². The lowest BCUT2D eigenvalue weighted by Gasteiger charge is -2.33. The lowest BCUT2D eigenvalue weighted by Crippen LogP contribution is -2.37. The molecule has 0 aliphatic heterocycles. The van der Waals surface area contributed by atoms with E-state index < -0.39 is 58.2 Å². The van der Waals surface area contributed by atoms with Crippen LogP contribution in [-0.2, 0) is 25.3 Å². The van der Waals surface area contributed by atoms with Gasteiger partial charge in [-0.2, -0.15) is 13.2 Å². The predicted octanol–water partition coefficient (Wildman–Crippen LogP) is 7.02. The Kier molecular flexibility index (Phi) is 10.0. The largest absolute Gasteiger partial charge is 0.501 e. The van der Waals surface area contributed by atoms with Crippen molar-refractivity contribution in [1.82, 2.24) is 4.72 Å². The van der Waals surface area contributed by atoms with Crippen molar-refractivity contribution in [3.63, 3.8) is 0 Å². The highest BCUT2D eigenvalue weighted by Crippen LogP contribution is 2.38. The number of sulfone groups is 1. The van der Waals surface area contributed by atoms with Crippen molar-refractivity contribution < 1.29 is 34.8 Å². The number of nitrogens with one attached hydrogen (secondary N) is 2. The minimum absolute atomic E-state index is 0.00179. The average Bonchev–Trinajstić information content (AvgIpc) is 2.89. The number of benzene rings is 3. The third-order valence-corrected chi connectivity index (χ3v) is 10.6. The molecule has 0 aromatic heterocycles. The van der Waals surface area contributed by atoms with Gasteiger partial charge in [0, 0.05) is 22.3 Å². The minimum atomic E-state index is -5.99. The first-order chi connectivity index (χ1) is 19.6. The van der Waals surface area contributed by atoms with E-state index in [1.165, 1.54) is 23.9 Å². The van der Waals surface area contributed by atoms with E-state index in [2.05, 4.69) is 5.32 Å². The van der Waals surface area contributed by atoms with Crippen molar-refractivity contribution in [3.05, 3.63) is 83.9 Å². The fourth-order valence-corrected chi connectivity index (χ4v) is 7.20. The average molecular weight is 657 g/mol. The summed E-state index contributed by atoms with van der Waals surface area (Å²) in [6, 6.07) is 17.3. The molecule has 0 aliphatic carbocycles. The molecule has 3 aromatic rings. The molecule has 0 aliphatic rings. The Morgan fingerprint density at radius 2 is 1.42 bits per heavy atom. The van der Waals surface area contributed by atoms with E-state index in [4.69, 9.17) is 0 Å². The molecule has 0 heterocycles. The number of carbonyl (C=O) groups excluding carboxylic acids is 1. The first kappa shape index (κ1) is 34.5. The molecule has 1 atom stereocenters. The summed E-state index contributed by atoms with van der Waals surface area (Å²) in [5.41, 5.74) is -5.98. The van der Waals surface area contributed by atoms with Gasteiger partial charge in [-0.1, -0.05) is 71.9 Å². The van der Waals surface area contributed by atoms with Crippen molar-refractivity contribution in [2.24, 2.45) is 5.41 Å². The lowest BCUT2D eigenvalue weighted by molar-refractivity contribution is -0.0435. The van der Waals surface area contributed by atoms with E-state index >= 15 is 0 Å². The summed E-state index contributed by atoms with van der Waals surface area (Å²) in [4.78, 5) is 11.6. The number of sulfonamides is 1. The molecule has 43 heavy (non-hydrogen) atoms. The van der Waals surface area contributed by atoms with Gasteiger partial charge in [0.1, 0.15) is 4.90 Å². The third-order valence-electron chi connectivity index (χ3n) is 6.63. The summed E-state index contributed by atoms with van der Waals surface area (Å²) < 4.78 is 94.7. The molecule has 7 nitrogen and oxygen atoms in total. The molecule has 0 radical (unpaired) electrons. The summed E-state index contributed by atoms with van der Waals surface area (Å²) in [5.74, 6) is -0.656. The molecule has 0 spiro atoms. The Balaban J connectivity index is 1.99. The van der Waals surface area contributed by atoms with Crippen LogP contribution in [0.15, 0.2) is 87.5 Å².